The Morgan fingerprint density at radius 2 is 1.77 bits per heavy atom. The molecule has 1 aromatic heterocycles. The standard InChI is InChI=1S/C22H20F3N3O2/c1-13-8-9-16(14(2)10-13)12-26-21(30)20-19(29)11-15(3)28(27-20)18-7-5-4-6-17(18)22(23,24)25/h4-11H,12H2,1-3H3,(H,26,30). The summed E-state index contributed by atoms with van der Waals surface area (Å²) in [7, 11) is 0. The summed E-state index contributed by atoms with van der Waals surface area (Å²) in [5.41, 5.74) is 0.801. The molecule has 0 saturated carbocycles. The van der Waals surface area contributed by atoms with Crippen molar-refractivity contribution in [3.8, 4) is 5.69 Å². The average Bonchev–Trinajstić information content (AvgIpc) is 2.66. The van der Waals surface area contributed by atoms with Crippen LogP contribution in [0.2, 0.25) is 0 Å². The molecule has 0 saturated heterocycles. The summed E-state index contributed by atoms with van der Waals surface area (Å²) in [5, 5.41) is 6.58. The highest BCUT2D eigenvalue weighted by molar-refractivity contribution is 5.92. The highest BCUT2D eigenvalue weighted by Gasteiger charge is 2.34. The Kier molecular flexibility index (Phi) is 5.78. The van der Waals surface area contributed by atoms with E-state index in [2.05, 4.69) is 10.4 Å². The first-order valence-corrected chi connectivity index (χ1v) is 9.20. The van der Waals surface area contributed by atoms with Crippen LogP contribution >= 0.6 is 0 Å². The second-order valence-corrected chi connectivity index (χ2v) is 7.04. The van der Waals surface area contributed by atoms with Crippen LogP contribution in [0.15, 0.2) is 53.3 Å². The SMILES string of the molecule is Cc1ccc(CNC(=O)c2nn(-c3ccccc3C(F)(F)F)c(C)cc2=O)c(C)c1. The molecule has 3 aromatic rings. The first kappa shape index (κ1) is 21.3. The Bertz CT molecular complexity index is 1170. The minimum atomic E-state index is -4.61. The van der Waals surface area contributed by atoms with E-state index in [1.807, 2.05) is 32.0 Å². The molecule has 0 radical (unpaired) electrons. The van der Waals surface area contributed by atoms with Crippen LogP contribution in [0, 0.1) is 20.8 Å². The van der Waals surface area contributed by atoms with Crippen molar-refractivity contribution >= 4 is 5.91 Å². The van der Waals surface area contributed by atoms with E-state index in [9.17, 15) is 22.8 Å². The molecule has 0 bridgehead atoms. The van der Waals surface area contributed by atoms with Crippen LogP contribution in [0.3, 0.4) is 0 Å². The summed E-state index contributed by atoms with van der Waals surface area (Å²) in [4.78, 5) is 24.9. The monoisotopic (exact) mass is 415 g/mol. The van der Waals surface area contributed by atoms with E-state index in [0.717, 1.165) is 33.5 Å². The summed E-state index contributed by atoms with van der Waals surface area (Å²) in [6.45, 7) is 5.48. The number of hydrogen-bond acceptors (Lipinski definition) is 3. The zero-order valence-electron chi connectivity index (χ0n) is 16.7. The zero-order chi connectivity index (χ0) is 22.1. The van der Waals surface area contributed by atoms with Gasteiger partial charge in [-0.1, -0.05) is 35.9 Å². The van der Waals surface area contributed by atoms with Crippen LogP contribution in [0.25, 0.3) is 5.69 Å². The highest BCUT2D eigenvalue weighted by atomic mass is 19.4. The first-order valence-electron chi connectivity index (χ1n) is 9.20. The highest BCUT2D eigenvalue weighted by Crippen LogP contribution is 2.33. The van der Waals surface area contributed by atoms with Crippen LogP contribution in [-0.2, 0) is 12.7 Å². The number of nitrogens with one attached hydrogen (secondary N) is 1. The van der Waals surface area contributed by atoms with E-state index in [-0.39, 0.29) is 17.9 Å². The van der Waals surface area contributed by atoms with Crippen molar-refractivity contribution in [3.05, 3.63) is 92.4 Å². The molecule has 8 heteroatoms. The lowest BCUT2D eigenvalue weighted by atomic mass is 10.1. The number of alkyl halides is 3. The van der Waals surface area contributed by atoms with Gasteiger partial charge in [-0.3, -0.25) is 9.59 Å². The molecular formula is C22H20F3N3O2. The minimum Gasteiger partial charge on any atom is -0.346 e. The van der Waals surface area contributed by atoms with E-state index < -0.39 is 28.8 Å². The number of carbonyl (C=O) groups excluding carboxylic acids is 1. The zero-order valence-corrected chi connectivity index (χ0v) is 16.7. The number of aromatic nitrogens is 2. The van der Waals surface area contributed by atoms with Gasteiger partial charge in [0.25, 0.3) is 5.91 Å². The molecular weight excluding hydrogens is 395 g/mol. The van der Waals surface area contributed by atoms with Gasteiger partial charge in [-0.2, -0.15) is 18.3 Å². The van der Waals surface area contributed by atoms with Gasteiger partial charge in [0.2, 0.25) is 5.43 Å². The van der Waals surface area contributed by atoms with Gasteiger partial charge in [-0.25, -0.2) is 4.68 Å². The molecule has 1 heterocycles. The third kappa shape index (κ3) is 4.42. The lowest BCUT2D eigenvalue weighted by Crippen LogP contribution is -2.32. The maximum atomic E-state index is 13.4. The summed E-state index contributed by atoms with van der Waals surface area (Å²) in [6.07, 6.45) is -4.61. The molecule has 2 aromatic carbocycles. The van der Waals surface area contributed by atoms with Gasteiger partial charge in [-0.15, -0.1) is 0 Å². The van der Waals surface area contributed by atoms with Crippen LogP contribution in [0.4, 0.5) is 13.2 Å². The first-order chi connectivity index (χ1) is 14.1. The van der Waals surface area contributed by atoms with Gasteiger partial charge in [0, 0.05) is 18.3 Å². The van der Waals surface area contributed by atoms with Crippen molar-refractivity contribution in [1.82, 2.24) is 15.1 Å². The Balaban J connectivity index is 1.96. The van der Waals surface area contributed by atoms with Gasteiger partial charge >= 0.3 is 6.18 Å². The molecule has 0 spiro atoms. The molecule has 0 aliphatic heterocycles. The van der Waals surface area contributed by atoms with Gasteiger partial charge in [-0.05, 0) is 44.0 Å². The summed E-state index contributed by atoms with van der Waals surface area (Å²) < 4.78 is 41.2. The third-order valence-corrected chi connectivity index (χ3v) is 4.70. The van der Waals surface area contributed by atoms with E-state index >= 15 is 0 Å². The van der Waals surface area contributed by atoms with Crippen molar-refractivity contribution in [2.45, 2.75) is 33.5 Å². The number of carbonyl (C=O) groups is 1. The molecule has 0 aliphatic rings. The van der Waals surface area contributed by atoms with Gasteiger partial charge in [0.15, 0.2) is 5.69 Å². The predicted molar refractivity (Wildman–Crippen MR) is 107 cm³/mol. The number of hydrogen-bond donors (Lipinski definition) is 1. The van der Waals surface area contributed by atoms with E-state index in [1.165, 1.54) is 25.1 Å². The summed E-state index contributed by atoms with van der Waals surface area (Å²) in [5.74, 6) is -0.752. The van der Waals surface area contributed by atoms with Gasteiger partial charge in [0.05, 0.1) is 11.3 Å². The van der Waals surface area contributed by atoms with E-state index in [0.29, 0.717) is 0 Å². The topological polar surface area (TPSA) is 64.0 Å². The number of benzene rings is 2. The molecule has 5 nitrogen and oxygen atoms in total. The fourth-order valence-electron chi connectivity index (χ4n) is 3.15. The predicted octanol–water partition coefficient (Wildman–Crippen LogP) is 4.11. The average molecular weight is 415 g/mol. The molecule has 156 valence electrons. The molecule has 0 unspecified atom stereocenters. The third-order valence-electron chi connectivity index (χ3n) is 4.70. The Morgan fingerprint density at radius 1 is 1.07 bits per heavy atom. The largest absolute Gasteiger partial charge is 0.418 e. The summed E-state index contributed by atoms with van der Waals surface area (Å²) >= 11 is 0. The number of halogens is 3. The number of rotatable bonds is 4. The van der Waals surface area contributed by atoms with Crippen molar-refractivity contribution in [3.63, 3.8) is 0 Å². The van der Waals surface area contributed by atoms with Crippen LogP contribution < -0.4 is 10.7 Å². The molecule has 0 fully saturated rings. The normalized spacial score (nSPS) is 11.4. The van der Waals surface area contributed by atoms with Crippen LogP contribution in [0.5, 0.6) is 0 Å². The Labute approximate surface area is 171 Å². The second-order valence-electron chi connectivity index (χ2n) is 7.04. The summed E-state index contributed by atoms with van der Waals surface area (Å²) in [6, 6.07) is 11.7. The van der Waals surface area contributed by atoms with Gasteiger partial charge in [0.1, 0.15) is 0 Å². The lowest BCUT2D eigenvalue weighted by Gasteiger charge is -2.16. The molecule has 30 heavy (non-hydrogen) atoms. The van der Waals surface area contributed by atoms with E-state index in [4.69, 9.17) is 0 Å². The second kappa shape index (κ2) is 8.14. The molecule has 3 rings (SSSR count). The Morgan fingerprint density at radius 3 is 2.43 bits per heavy atom. The quantitative estimate of drug-likeness (QED) is 0.698. The Hall–Kier alpha value is -3.42. The molecule has 1 amide bonds. The fraction of sp³-hybridized carbons (Fsp3) is 0.227. The van der Waals surface area contributed by atoms with Crippen molar-refractivity contribution in [1.29, 1.82) is 0 Å². The van der Waals surface area contributed by atoms with Crippen LogP contribution in [-0.4, -0.2) is 15.7 Å². The van der Waals surface area contributed by atoms with Crippen molar-refractivity contribution < 1.29 is 18.0 Å². The maximum Gasteiger partial charge on any atom is 0.418 e. The molecule has 0 atom stereocenters. The van der Waals surface area contributed by atoms with Crippen molar-refractivity contribution in [2.75, 3.05) is 0 Å². The van der Waals surface area contributed by atoms with Crippen molar-refractivity contribution in [2.24, 2.45) is 0 Å². The lowest BCUT2D eigenvalue weighted by molar-refractivity contribution is -0.137. The maximum absolute atomic E-state index is 13.4. The van der Waals surface area contributed by atoms with Gasteiger partial charge < -0.3 is 5.32 Å². The fourth-order valence-corrected chi connectivity index (χ4v) is 3.15. The smallest absolute Gasteiger partial charge is 0.346 e. The number of nitrogens with zero attached hydrogens (tertiary/aromatic N) is 2. The molecule has 1 N–H and O–H groups in total. The van der Waals surface area contributed by atoms with Crippen LogP contribution in [0.1, 0.15) is 38.4 Å². The number of aryl methyl sites for hydroxylation is 3. The minimum absolute atomic E-state index is 0.166. The van der Waals surface area contributed by atoms with E-state index in [1.54, 1.807) is 0 Å². The number of amides is 1. The molecule has 0 aliphatic carbocycles. The number of para-hydroxylation sites is 1.